The van der Waals surface area contributed by atoms with Gasteiger partial charge in [0.1, 0.15) is 11.6 Å². The maximum Gasteiger partial charge on any atom is 0.373 e. The number of aromatic nitrogens is 1. The van der Waals surface area contributed by atoms with E-state index in [0.29, 0.717) is 0 Å². The number of hydrogen-bond donors (Lipinski definition) is 0. The molecule has 1 unspecified atom stereocenters. The molecular formula is C12H12F2N2O6. The van der Waals surface area contributed by atoms with Gasteiger partial charge in [-0.2, -0.15) is 9.59 Å². The summed E-state index contributed by atoms with van der Waals surface area (Å²) in [5, 5.41) is 10.6. The summed E-state index contributed by atoms with van der Waals surface area (Å²) < 4.78 is 31.7. The van der Waals surface area contributed by atoms with E-state index in [2.05, 4.69) is 9.72 Å². The highest BCUT2D eigenvalue weighted by atomic mass is 19.1. The van der Waals surface area contributed by atoms with Gasteiger partial charge in [-0.1, -0.05) is 6.92 Å². The number of carbonyl (C=O) groups is 1. The Balaban J connectivity index is 0.00000135. The molecule has 120 valence electrons. The SMILES string of the molecule is COC(=O)C(C)[C@@H](C[N+](=O)[O-])c1c(F)cncc1F.O=C=O. The van der Waals surface area contributed by atoms with Crippen molar-refractivity contribution in [2.75, 3.05) is 13.7 Å². The third-order valence-electron chi connectivity index (χ3n) is 2.78. The van der Waals surface area contributed by atoms with Crippen LogP contribution >= 0.6 is 0 Å². The van der Waals surface area contributed by atoms with Gasteiger partial charge in [0.25, 0.3) is 0 Å². The first-order valence-electron chi connectivity index (χ1n) is 5.77. The summed E-state index contributed by atoms with van der Waals surface area (Å²) >= 11 is 0. The minimum Gasteiger partial charge on any atom is -0.469 e. The number of pyridine rings is 1. The van der Waals surface area contributed by atoms with Crippen LogP contribution in [-0.4, -0.2) is 35.7 Å². The third-order valence-corrected chi connectivity index (χ3v) is 2.78. The van der Waals surface area contributed by atoms with Gasteiger partial charge >= 0.3 is 12.1 Å². The van der Waals surface area contributed by atoms with Gasteiger partial charge in [0.2, 0.25) is 6.54 Å². The van der Waals surface area contributed by atoms with E-state index in [-0.39, 0.29) is 6.15 Å². The highest BCUT2D eigenvalue weighted by Crippen LogP contribution is 2.29. The molecule has 0 N–H and O–H groups in total. The molecule has 0 aliphatic rings. The zero-order valence-corrected chi connectivity index (χ0v) is 11.6. The molecule has 0 saturated heterocycles. The minimum absolute atomic E-state index is 0.250. The van der Waals surface area contributed by atoms with Gasteiger partial charge in [-0.05, 0) is 0 Å². The molecule has 2 atom stereocenters. The maximum absolute atomic E-state index is 13.6. The third kappa shape index (κ3) is 5.33. The molecule has 0 aliphatic heterocycles. The second-order valence-electron chi connectivity index (χ2n) is 4.03. The number of methoxy groups -OCH3 is 1. The second kappa shape index (κ2) is 9.24. The van der Waals surface area contributed by atoms with E-state index >= 15 is 0 Å². The molecule has 10 heteroatoms. The monoisotopic (exact) mass is 318 g/mol. The van der Waals surface area contributed by atoms with E-state index < -0.39 is 46.5 Å². The lowest BCUT2D eigenvalue weighted by molar-refractivity contribution is -0.484. The number of hydrogen-bond acceptors (Lipinski definition) is 7. The molecule has 0 aliphatic carbocycles. The van der Waals surface area contributed by atoms with Crippen LogP contribution < -0.4 is 0 Å². The minimum atomic E-state index is -1.26. The van der Waals surface area contributed by atoms with Crippen molar-refractivity contribution < 1.29 is 32.8 Å². The Morgan fingerprint density at radius 2 is 1.86 bits per heavy atom. The Morgan fingerprint density at radius 1 is 1.41 bits per heavy atom. The van der Waals surface area contributed by atoms with Crippen LogP contribution in [0.3, 0.4) is 0 Å². The molecule has 0 spiro atoms. The molecule has 0 amide bonds. The predicted molar refractivity (Wildman–Crippen MR) is 64.9 cm³/mol. The summed E-state index contributed by atoms with van der Waals surface area (Å²) in [5.41, 5.74) is -0.524. The molecule has 0 saturated carbocycles. The van der Waals surface area contributed by atoms with Crippen LogP contribution in [0.15, 0.2) is 12.4 Å². The summed E-state index contributed by atoms with van der Waals surface area (Å²) in [7, 11) is 1.10. The average Bonchev–Trinajstić information content (AvgIpc) is 2.44. The molecule has 8 nitrogen and oxygen atoms in total. The fraction of sp³-hybridized carbons (Fsp3) is 0.417. The van der Waals surface area contributed by atoms with Crippen molar-refractivity contribution in [1.29, 1.82) is 0 Å². The van der Waals surface area contributed by atoms with Crippen molar-refractivity contribution in [3.05, 3.63) is 39.7 Å². The molecule has 1 heterocycles. The highest BCUT2D eigenvalue weighted by molar-refractivity contribution is 5.73. The lowest BCUT2D eigenvalue weighted by Gasteiger charge is -2.19. The Hall–Kier alpha value is -2.74. The summed E-state index contributed by atoms with van der Waals surface area (Å²) in [6.07, 6.45) is 1.74. The summed E-state index contributed by atoms with van der Waals surface area (Å²) in [6, 6.07) is 0. The van der Waals surface area contributed by atoms with E-state index in [4.69, 9.17) is 9.59 Å². The lowest BCUT2D eigenvalue weighted by atomic mass is 9.87. The second-order valence-corrected chi connectivity index (χ2v) is 4.03. The number of esters is 1. The fourth-order valence-electron chi connectivity index (χ4n) is 1.79. The van der Waals surface area contributed by atoms with Crippen LogP contribution in [0.2, 0.25) is 0 Å². The summed E-state index contributed by atoms with van der Waals surface area (Å²) in [6.45, 7) is 0.535. The van der Waals surface area contributed by atoms with Crippen LogP contribution in [0.25, 0.3) is 0 Å². The molecule has 0 bridgehead atoms. The number of halogens is 2. The van der Waals surface area contributed by atoms with Crippen molar-refractivity contribution in [2.45, 2.75) is 12.8 Å². The van der Waals surface area contributed by atoms with Gasteiger partial charge in [0.15, 0.2) is 0 Å². The van der Waals surface area contributed by atoms with Crippen molar-refractivity contribution in [1.82, 2.24) is 4.98 Å². The molecule has 0 aromatic carbocycles. The largest absolute Gasteiger partial charge is 0.469 e. The first-order valence-corrected chi connectivity index (χ1v) is 5.77. The average molecular weight is 318 g/mol. The Labute approximate surface area is 123 Å². The summed E-state index contributed by atoms with van der Waals surface area (Å²) in [5.74, 6) is -5.14. The van der Waals surface area contributed by atoms with Gasteiger partial charge in [-0.15, -0.1) is 0 Å². The molecule has 0 radical (unpaired) electrons. The predicted octanol–water partition coefficient (Wildman–Crippen LogP) is 0.946. The van der Waals surface area contributed by atoms with Crippen molar-refractivity contribution in [3.63, 3.8) is 0 Å². The molecule has 1 rings (SSSR count). The van der Waals surface area contributed by atoms with Gasteiger partial charge in [-0.25, -0.2) is 8.78 Å². The Morgan fingerprint density at radius 3 is 2.23 bits per heavy atom. The smallest absolute Gasteiger partial charge is 0.373 e. The highest BCUT2D eigenvalue weighted by Gasteiger charge is 2.34. The van der Waals surface area contributed by atoms with Crippen LogP contribution in [0.1, 0.15) is 18.4 Å². The number of nitrogens with zero attached hydrogens (tertiary/aromatic N) is 2. The summed E-state index contributed by atoms with van der Waals surface area (Å²) in [4.78, 5) is 40.9. The zero-order valence-electron chi connectivity index (χ0n) is 11.6. The first-order chi connectivity index (χ1) is 10.3. The number of rotatable bonds is 5. The van der Waals surface area contributed by atoms with Gasteiger partial charge < -0.3 is 4.74 Å². The molecule has 1 aromatic rings. The normalized spacial score (nSPS) is 12.2. The van der Waals surface area contributed by atoms with E-state index in [1.165, 1.54) is 6.92 Å². The zero-order chi connectivity index (χ0) is 17.3. The molecule has 0 fully saturated rings. The topological polar surface area (TPSA) is 116 Å². The molecule has 22 heavy (non-hydrogen) atoms. The Kier molecular flexibility index (Phi) is 8.09. The van der Waals surface area contributed by atoms with Gasteiger partial charge in [0.05, 0.1) is 31.3 Å². The fourth-order valence-corrected chi connectivity index (χ4v) is 1.79. The van der Waals surface area contributed by atoms with Crippen LogP contribution in [-0.2, 0) is 19.1 Å². The van der Waals surface area contributed by atoms with Gasteiger partial charge in [-0.3, -0.25) is 19.9 Å². The van der Waals surface area contributed by atoms with E-state index in [1.807, 2.05) is 0 Å². The standard InChI is InChI=1S/C11H12F2N2O4.CO2/c1-6(11(16)19-2)7(5-15(17)18)10-8(12)3-14-4-9(10)13;2-1-3/h3-4,6-7H,5H2,1-2H3;/t6?,7-;/m1./s1. The van der Waals surface area contributed by atoms with E-state index in [9.17, 15) is 23.7 Å². The van der Waals surface area contributed by atoms with Crippen LogP contribution in [0, 0.1) is 27.7 Å². The lowest BCUT2D eigenvalue weighted by Crippen LogP contribution is -2.28. The van der Waals surface area contributed by atoms with Crippen molar-refractivity contribution in [2.24, 2.45) is 5.92 Å². The van der Waals surface area contributed by atoms with E-state index in [0.717, 1.165) is 19.5 Å². The van der Waals surface area contributed by atoms with Crippen LogP contribution in [0.4, 0.5) is 8.78 Å². The van der Waals surface area contributed by atoms with Crippen LogP contribution in [0.5, 0.6) is 0 Å². The number of carbonyl (C=O) groups excluding carboxylic acids is 3. The first kappa shape index (κ1) is 19.3. The molecular weight excluding hydrogens is 306 g/mol. The maximum atomic E-state index is 13.6. The van der Waals surface area contributed by atoms with Crippen molar-refractivity contribution >= 4 is 12.1 Å². The van der Waals surface area contributed by atoms with E-state index in [1.54, 1.807) is 0 Å². The number of nitro groups is 1. The number of ether oxygens (including phenoxy) is 1. The van der Waals surface area contributed by atoms with Gasteiger partial charge in [0, 0.05) is 10.5 Å². The Bertz CT molecular complexity index is 554. The van der Waals surface area contributed by atoms with Crippen molar-refractivity contribution in [3.8, 4) is 0 Å². The molecule has 1 aromatic heterocycles. The quantitative estimate of drug-likeness (QED) is 0.450.